The average Bonchev–Trinajstić information content (AvgIpc) is 3.01. The Morgan fingerprint density at radius 2 is 1.92 bits per heavy atom. The second-order valence-electron chi connectivity index (χ2n) is 5.19. The minimum atomic E-state index is -1.41. The van der Waals surface area contributed by atoms with E-state index in [1.807, 2.05) is 31.2 Å². The normalized spacial score (nSPS) is 12.0. The predicted molar refractivity (Wildman–Crippen MR) is 95.8 cm³/mol. The molecule has 2 N–H and O–H groups in total. The minimum absolute atomic E-state index is 0.0882. The van der Waals surface area contributed by atoms with Gasteiger partial charge in [-0.05, 0) is 37.3 Å². The molecule has 3 aromatic rings. The number of hydrogen-bond acceptors (Lipinski definition) is 3. The van der Waals surface area contributed by atoms with Crippen LogP contribution in [0, 0.1) is 0 Å². The van der Waals surface area contributed by atoms with Crippen LogP contribution in [0.1, 0.15) is 6.92 Å². The standard InChI is InChI=1S/C18H18N2O3S/c1-2-23-14-9-7-13(8-10-14)20-18(21)12-24(22)17-11-19-16-6-4-3-5-15(16)17/h3-11,19H,2,12H2,1H3,(H,20,21)/t24-/m0/s1. The highest BCUT2D eigenvalue weighted by atomic mass is 32.2. The first kappa shape index (κ1) is 16.3. The molecule has 1 amide bonds. The molecule has 0 saturated carbocycles. The van der Waals surface area contributed by atoms with Crippen LogP contribution in [-0.4, -0.2) is 27.5 Å². The fourth-order valence-corrected chi connectivity index (χ4v) is 3.51. The van der Waals surface area contributed by atoms with Gasteiger partial charge in [0, 0.05) is 22.8 Å². The van der Waals surface area contributed by atoms with Crippen molar-refractivity contribution in [3.8, 4) is 5.75 Å². The lowest BCUT2D eigenvalue weighted by Crippen LogP contribution is -2.19. The summed E-state index contributed by atoms with van der Waals surface area (Å²) >= 11 is 0. The molecule has 0 unspecified atom stereocenters. The first-order chi connectivity index (χ1) is 11.7. The van der Waals surface area contributed by atoms with Gasteiger partial charge < -0.3 is 15.0 Å². The van der Waals surface area contributed by atoms with Crippen molar-refractivity contribution in [2.45, 2.75) is 11.8 Å². The van der Waals surface area contributed by atoms with Crippen LogP contribution in [-0.2, 0) is 15.6 Å². The van der Waals surface area contributed by atoms with Crippen molar-refractivity contribution < 1.29 is 13.7 Å². The van der Waals surface area contributed by atoms with E-state index < -0.39 is 10.8 Å². The van der Waals surface area contributed by atoms with Crippen molar-refractivity contribution in [3.63, 3.8) is 0 Å². The van der Waals surface area contributed by atoms with Gasteiger partial charge >= 0.3 is 0 Å². The van der Waals surface area contributed by atoms with Gasteiger partial charge in [-0.3, -0.25) is 9.00 Å². The zero-order valence-corrected chi connectivity index (χ0v) is 14.1. The number of ether oxygens (including phenoxy) is 1. The number of amides is 1. The Bertz CT molecular complexity index is 871. The van der Waals surface area contributed by atoms with E-state index in [9.17, 15) is 9.00 Å². The third kappa shape index (κ3) is 3.65. The maximum Gasteiger partial charge on any atom is 0.237 e. The fraction of sp³-hybridized carbons (Fsp3) is 0.167. The molecular formula is C18H18N2O3S. The number of carbonyl (C=O) groups excluding carboxylic acids is 1. The molecule has 0 aliphatic heterocycles. The molecule has 1 atom stereocenters. The van der Waals surface area contributed by atoms with Gasteiger partial charge in [0.1, 0.15) is 11.5 Å². The van der Waals surface area contributed by atoms with E-state index in [1.54, 1.807) is 30.5 Å². The van der Waals surface area contributed by atoms with Gasteiger partial charge in [-0.2, -0.15) is 0 Å². The number of fused-ring (bicyclic) bond motifs is 1. The van der Waals surface area contributed by atoms with Gasteiger partial charge in [0.15, 0.2) is 0 Å². The number of anilines is 1. The monoisotopic (exact) mass is 342 g/mol. The van der Waals surface area contributed by atoms with Crippen LogP contribution < -0.4 is 10.1 Å². The number of carbonyl (C=O) groups is 1. The van der Waals surface area contributed by atoms with Gasteiger partial charge in [0.05, 0.1) is 22.3 Å². The molecule has 0 aliphatic carbocycles. The highest BCUT2D eigenvalue weighted by Gasteiger charge is 2.14. The molecule has 124 valence electrons. The predicted octanol–water partition coefficient (Wildman–Crippen LogP) is 3.31. The quantitative estimate of drug-likeness (QED) is 0.722. The summed E-state index contributed by atoms with van der Waals surface area (Å²) in [4.78, 5) is 15.8. The molecule has 0 radical (unpaired) electrons. The van der Waals surface area contributed by atoms with Crippen molar-refractivity contribution in [2.24, 2.45) is 0 Å². The molecular weight excluding hydrogens is 324 g/mol. The first-order valence-electron chi connectivity index (χ1n) is 7.64. The van der Waals surface area contributed by atoms with Crippen LogP contribution in [0.3, 0.4) is 0 Å². The summed E-state index contributed by atoms with van der Waals surface area (Å²) in [5, 5.41) is 3.63. The smallest absolute Gasteiger partial charge is 0.237 e. The largest absolute Gasteiger partial charge is 0.494 e. The fourth-order valence-electron chi connectivity index (χ4n) is 2.43. The van der Waals surface area contributed by atoms with E-state index in [4.69, 9.17) is 4.74 Å². The molecule has 5 nitrogen and oxygen atoms in total. The highest BCUT2D eigenvalue weighted by Crippen LogP contribution is 2.21. The second kappa shape index (κ2) is 7.31. The number of para-hydroxylation sites is 1. The van der Waals surface area contributed by atoms with Crippen LogP contribution in [0.25, 0.3) is 10.9 Å². The molecule has 3 rings (SSSR count). The Kier molecular flexibility index (Phi) is 4.96. The summed E-state index contributed by atoms with van der Waals surface area (Å²) in [5.74, 6) is 0.371. The summed E-state index contributed by atoms with van der Waals surface area (Å²) in [6.07, 6.45) is 1.70. The molecule has 0 saturated heterocycles. The summed E-state index contributed by atoms with van der Waals surface area (Å²) in [6, 6.07) is 14.7. The lowest BCUT2D eigenvalue weighted by molar-refractivity contribution is -0.113. The molecule has 0 fully saturated rings. The van der Waals surface area contributed by atoms with Gasteiger partial charge in [0.2, 0.25) is 5.91 Å². The Hall–Kier alpha value is -2.60. The first-order valence-corrected chi connectivity index (χ1v) is 8.96. The molecule has 0 aliphatic rings. The topological polar surface area (TPSA) is 71.2 Å². The Labute approximate surface area is 142 Å². The number of aromatic nitrogens is 1. The van der Waals surface area contributed by atoms with Gasteiger partial charge in [-0.1, -0.05) is 18.2 Å². The van der Waals surface area contributed by atoms with Crippen LogP contribution in [0.4, 0.5) is 5.69 Å². The van der Waals surface area contributed by atoms with E-state index in [1.165, 1.54) is 0 Å². The zero-order valence-electron chi connectivity index (χ0n) is 13.2. The van der Waals surface area contributed by atoms with Crippen LogP contribution >= 0.6 is 0 Å². The summed E-state index contributed by atoms with van der Waals surface area (Å²) in [6.45, 7) is 2.50. The third-order valence-electron chi connectivity index (χ3n) is 3.51. The summed E-state index contributed by atoms with van der Waals surface area (Å²) < 4.78 is 17.8. The Morgan fingerprint density at radius 3 is 2.67 bits per heavy atom. The third-order valence-corrected chi connectivity index (χ3v) is 4.86. The zero-order chi connectivity index (χ0) is 16.9. The van der Waals surface area contributed by atoms with E-state index in [2.05, 4.69) is 10.3 Å². The lowest BCUT2D eigenvalue weighted by atomic mass is 10.2. The van der Waals surface area contributed by atoms with Crippen molar-refractivity contribution >= 4 is 33.3 Å². The maximum atomic E-state index is 12.5. The summed E-state index contributed by atoms with van der Waals surface area (Å²) in [5.41, 5.74) is 1.56. The number of hydrogen-bond donors (Lipinski definition) is 2. The van der Waals surface area contributed by atoms with Gasteiger partial charge in [0.25, 0.3) is 0 Å². The minimum Gasteiger partial charge on any atom is -0.494 e. The van der Waals surface area contributed by atoms with Crippen molar-refractivity contribution in [1.82, 2.24) is 4.98 Å². The maximum absolute atomic E-state index is 12.5. The Balaban J connectivity index is 1.65. The number of nitrogens with one attached hydrogen (secondary N) is 2. The summed E-state index contributed by atoms with van der Waals surface area (Å²) in [7, 11) is -1.41. The molecule has 1 heterocycles. The lowest BCUT2D eigenvalue weighted by Gasteiger charge is -2.07. The van der Waals surface area contributed by atoms with Crippen LogP contribution in [0.5, 0.6) is 5.75 Å². The van der Waals surface area contributed by atoms with Gasteiger partial charge in [-0.25, -0.2) is 0 Å². The molecule has 2 aromatic carbocycles. The molecule has 24 heavy (non-hydrogen) atoms. The second-order valence-corrected chi connectivity index (χ2v) is 6.61. The number of H-pyrrole nitrogens is 1. The van der Waals surface area contributed by atoms with Crippen molar-refractivity contribution in [3.05, 3.63) is 54.7 Å². The van der Waals surface area contributed by atoms with Crippen molar-refractivity contribution in [1.29, 1.82) is 0 Å². The SMILES string of the molecule is CCOc1ccc(NC(=O)C[S@](=O)c2c[nH]c3ccccc23)cc1. The average molecular weight is 342 g/mol. The highest BCUT2D eigenvalue weighted by molar-refractivity contribution is 7.86. The van der Waals surface area contributed by atoms with Gasteiger partial charge in [-0.15, -0.1) is 0 Å². The van der Waals surface area contributed by atoms with Crippen molar-refractivity contribution in [2.75, 3.05) is 17.7 Å². The molecule has 6 heteroatoms. The van der Waals surface area contributed by atoms with Crippen LogP contribution in [0.2, 0.25) is 0 Å². The van der Waals surface area contributed by atoms with E-state index in [-0.39, 0.29) is 11.7 Å². The Morgan fingerprint density at radius 1 is 1.17 bits per heavy atom. The number of rotatable bonds is 6. The molecule has 1 aromatic heterocycles. The number of aromatic amines is 1. The van der Waals surface area contributed by atoms with E-state index >= 15 is 0 Å². The molecule has 0 spiro atoms. The number of benzene rings is 2. The molecule has 0 bridgehead atoms. The van der Waals surface area contributed by atoms with Crippen LogP contribution in [0.15, 0.2) is 59.6 Å². The van der Waals surface area contributed by atoms with E-state index in [0.29, 0.717) is 17.2 Å². The van der Waals surface area contributed by atoms with E-state index in [0.717, 1.165) is 16.7 Å².